The molecule has 1 saturated heterocycles. The second-order valence-electron chi connectivity index (χ2n) is 7.28. The largest absolute Gasteiger partial charge is 0.404 e. The van der Waals surface area contributed by atoms with Crippen LogP contribution in [0.1, 0.15) is 45.4 Å². The molecule has 2 aromatic rings. The summed E-state index contributed by atoms with van der Waals surface area (Å²) in [5.41, 5.74) is 1.37. The quantitative estimate of drug-likeness (QED) is 0.385. The van der Waals surface area contributed by atoms with Gasteiger partial charge in [0.15, 0.2) is 0 Å². The summed E-state index contributed by atoms with van der Waals surface area (Å²) in [5.74, 6) is 0. The van der Waals surface area contributed by atoms with Crippen LogP contribution in [0.15, 0.2) is 72.8 Å². The van der Waals surface area contributed by atoms with Gasteiger partial charge in [-0.05, 0) is 29.3 Å². The van der Waals surface area contributed by atoms with E-state index >= 15 is 0 Å². The van der Waals surface area contributed by atoms with Crippen molar-refractivity contribution >= 4 is 18.7 Å². The van der Waals surface area contributed by atoms with Crippen molar-refractivity contribution in [3.63, 3.8) is 0 Å². The fraction of sp³-hybridized carbons (Fsp3) is 0.391. The van der Waals surface area contributed by atoms with E-state index in [1.165, 1.54) is 41.6 Å². The van der Waals surface area contributed by atoms with Crippen LogP contribution in [0.5, 0.6) is 0 Å². The van der Waals surface area contributed by atoms with Crippen LogP contribution in [0.4, 0.5) is 0 Å². The molecular formula is C23H30OSi. The highest BCUT2D eigenvalue weighted by molar-refractivity contribution is 6.98. The maximum Gasteiger partial charge on any atom is 0.260 e. The van der Waals surface area contributed by atoms with E-state index in [-0.39, 0.29) is 0 Å². The van der Waals surface area contributed by atoms with Crippen molar-refractivity contribution in [2.24, 2.45) is 0 Å². The fourth-order valence-electron chi connectivity index (χ4n) is 4.00. The topological polar surface area (TPSA) is 9.23 Å². The van der Waals surface area contributed by atoms with Crippen LogP contribution in [-0.2, 0) is 4.43 Å². The lowest BCUT2D eigenvalue weighted by Gasteiger charge is -2.41. The lowest BCUT2D eigenvalue weighted by molar-refractivity contribution is 0.172. The average Bonchev–Trinajstić information content (AvgIpc) is 2.66. The first-order valence-electron chi connectivity index (χ1n) is 9.70. The highest BCUT2D eigenvalue weighted by atomic mass is 28.4. The number of rotatable bonds is 7. The Labute approximate surface area is 153 Å². The Morgan fingerprint density at radius 1 is 0.920 bits per heavy atom. The van der Waals surface area contributed by atoms with E-state index in [1.54, 1.807) is 0 Å². The standard InChI is InChI=1S/C23H30OSi/c1-3-4-5-8-13-21-18-20(2)19-25(24-21,22-14-9-6-10-15-22)23-16-11-7-12-17-23/h6-7,9-12,14-17,21H,2-5,8,13,18-19H2,1H3. The molecule has 0 bridgehead atoms. The Kier molecular flexibility index (Phi) is 6.27. The van der Waals surface area contributed by atoms with Crippen LogP contribution in [0, 0.1) is 0 Å². The highest BCUT2D eigenvalue weighted by Crippen LogP contribution is 2.31. The number of hydrogen-bond donors (Lipinski definition) is 0. The van der Waals surface area contributed by atoms with Crippen molar-refractivity contribution in [3.05, 3.63) is 72.8 Å². The Hall–Kier alpha value is -1.64. The zero-order valence-electron chi connectivity index (χ0n) is 15.4. The normalized spacial score (nSPS) is 19.7. The molecule has 0 aliphatic carbocycles. The summed E-state index contributed by atoms with van der Waals surface area (Å²) in [7, 11) is -2.23. The SMILES string of the molecule is C=C1CC(CCCCCC)O[Si](c2ccccc2)(c2ccccc2)C1. The summed E-state index contributed by atoms with van der Waals surface area (Å²) in [6, 6.07) is 22.8. The van der Waals surface area contributed by atoms with Gasteiger partial charge in [-0.1, -0.05) is 105 Å². The molecule has 25 heavy (non-hydrogen) atoms. The van der Waals surface area contributed by atoms with Gasteiger partial charge in [-0.2, -0.15) is 0 Å². The van der Waals surface area contributed by atoms with Gasteiger partial charge in [0, 0.05) is 6.10 Å². The van der Waals surface area contributed by atoms with Crippen LogP contribution in [0.2, 0.25) is 6.04 Å². The van der Waals surface area contributed by atoms with Crippen molar-refractivity contribution in [1.82, 2.24) is 0 Å². The molecule has 0 aromatic heterocycles. The summed E-state index contributed by atoms with van der Waals surface area (Å²) >= 11 is 0. The lowest BCUT2D eigenvalue weighted by Crippen LogP contribution is -2.64. The first-order valence-corrected chi connectivity index (χ1v) is 11.8. The maximum absolute atomic E-state index is 6.97. The molecule has 1 aliphatic heterocycles. The Morgan fingerprint density at radius 3 is 2.08 bits per heavy atom. The Morgan fingerprint density at radius 2 is 1.52 bits per heavy atom. The molecule has 132 valence electrons. The second-order valence-corrected chi connectivity index (χ2v) is 10.7. The fourth-order valence-corrected chi connectivity index (χ4v) is 8.17. The van der Waals surface area contributed by atoms with E-state index in [0.717, 1.165) is 18.9 Å². The molecule has 2 aromatic carbocycles. The van der Waals surface area contributed by atoms with E-state index in [1.807, 2.05) is 0 Å². The summed E-state index contributed by atoms with van der Waals surface area (Å²) < 4.78 is 6.97. The average molecular weight is 351 g/mol. The van der Waals surface area contributed by atoms with Gasteiger partial charge in [-0.25, -0.2) is 0 Å². The van der Waals surface area contributed by atoms with Crippen LogP contribution < -0.4 is 10.4 Å². The molecule has 1 fully saturated rings. The summed E-state index contributed by atoms with van der Waals surface area (Å²) in [4.78, 5) is 0. The van der Waals surface area contributed by atoms with Crippen molar-refractivity contribution in [1.29, 1.82) is 0 Å². The molecule has 0 saturated carbocycles. The van der Waals surface area contributed by atoms with Crippen molar-refractivity contribution in [2.45, 2.75) is 57.6 Å². The van der Waals surface area contributed by atoms with Crippen LogP contribution in [0.3, 0.4) is 0 Å². The van der Waals surface area contributed by atoms with Gasteiger partial charge in [-0.15, -0.1) is 0 Å². The van der Waals surface area contributed by atoms with Crippen LogP contribution >= 0.6 is 0 Å². The molecule has 1 unspecified atom stereocenters. The highest BCUT2D eigenvalue weighted by Gasteiger charge is 2.44. The van der Waals surface area contributed by atoms with Gasteiger partial charge < -0.3 is 4.43 Å². The zero-order valence-corrected chi connectivity index (χ0v) is 16.4. The molecule has 0 amide bonds. The Bertz CT molecular complexity index is 626. The minimum absolute atomic E-state index is 0.324. The van der Waals surface area contributed by atoms with Crippen molar-refractivity contribution in [2.75, 3.05) is 0 Å². The molecule has 1 heterocycles. The number of unbranched alkanes of at least 4 members (excludes halogenated alkanes) is 3. The van der Waals surface area contributed by atoms with Gasteiger partial charge in [0.25, 0.3) is 8.32 Å². The van der Waals surface area contributed by atoms with E-state index < -0.39 is 8.32 Å². The zero-order chi connectivity index (χ0) is 17.5. The second kappa shape index (κ2) is 8.64. The van der Waals surface area contributed by atoms with E-state index in [2.05, 4.69) is 74.2 Å². The van der Waals surface area contributed by atoms with E-state index in [9.17, 15) is 0 Å². The smallest absolute Gasteiger partial charge is 0.260 e. The van der Waals surface area contributed by atoms with Gasteiger partial charge >= 0.3 is 0 Å². The molecule has 1 nitrogen and oxygen atoms in total. The predicted molar refractivity (Wildman–Crippen MR) is 110 cm³/mol. The summed E-state index contributed by atoms with van der Waals surface area (Å²) in [6.07, 6.45) is 7.70. The maximum atomic E-state index is 6.97. The molecule has 0 radical (unpaired) electrons. The van der Waals surface area contributed by atoms with Gasteiger partial charge in [0.05, 0.1) is 0 Å². The first kappa shape index (κ1) is 18.2. The third-order valence-electron chi connectivity index (χ3n) is 5.24. The molecular weight excluding hydrogens is 320 g/mol. The minimum atomic E-state index is -2.23. The summed E-state index contributed by atoms with van der Waals surface area (Å²) in [6.45, 7) is 6.68. The first-order chi connectivity index (χ1) is 12.2. The number of benzene rings is 2. The van der Waals surface area contributed by atoms with Crippen molar-refractivity contribution in [3.8, 4) is 0 Å². The van der Waals surface area contributed by atoms with Crippen LogP contribution in [-0.4, -0.2) is 14.4 Å². The predicted octanol–water partition coefficient (Wildman–Crippen LogP) is 5.06. The van der Waals surface area contributed by atoms with E-state index in [4.69, 9.17) is 4.43 Å². The molecule has 2 heteroatoms. The summed E-state index contributed by atoms with van der Waals surface area (Å²) in [5, 5.41) is 2.75. The monoisotopic (exact) mass is 350 g/mol. The van der Waals surface area contributed by atoms with Gasteiger partial charge in [0.1, 0.15) is 0 Å². The van der Waals surface area contributed by atoms with Crippen molar-refractivity contribution < 1.29 is 4.43 Å². The third-order valence-corrected chi connectivity index (χ3v) is 9.51. The number of hydrogen-bond acceptors (Lipinski definition) is 1. The van der Waals surface area contributed by atoms with Crippen LogP contribution in [0.25, 0.3) is 0 Å². The minimum Gasteiger partial charge on any atom is -0.404 e. The molecule has 0 spiro atoms. The molecule has 1 aliphatic rings. The molecule has 0 N–H and O–H groups in total. The van der Waals surface area contributed by atoms with Gasteiger partial charge in [0.2, 0.25) is 0 Å². The Balaban J connectivity index is 1.90. The third kappa shape index (κ3) is 4.31. The van der Waals surface area contributed by atoms with E-state index in [0.29, 0.717) is 6.10 Å². The molecule has 1 atom stereocenters. The molecule has 3 rings (SSSR count). The lowest BCUT2D eigenvalue weighted by atomic mass is 10.0. The van der Waals surface area contributed by atoms with Gasteiger partial charge in [-0.3, -0.25) is 0 Å².